The van der Waals surface area contributed by atoms with E-state index in [1.165, 1.54) is 10.9 Å². The Bertz CT molecular complexity index is 719. The van der Waals surface area contributed by atoms with Crippen LogP contribution in [0.4, 0.5) is 5.69 Å². The third-order valence-electron chi connectivity index (χ3n) is 3.21. The van der Waals surface area contributed by atoms with Gasteiger partial charge in [0.15, 0.2) is 0 Å². The Hall–Kier alpha value is -1.94. The zero-order valence-electron chi connectivity index (χ0n) is 10.9. The van der Waals surface area contributed by atoms with Crippen molar-refractivity contribution in [2.45, 2.75) is 6.54 Å². The first-order chi connectivity index (χ1) is 9.72. The van der Waals surface area contributed by atoms with E-state index >= 15 is 0 Å². The molecule has 0 aliphatic heterocycles. The number of nitrogens with two attached hydrogens (primary N) is 1. The SMILES string of the molecule is Nc1ccc(OCCn2ccc3cc(Br)ccc32)cc1. The minimum Gasteiger partial charge on any atom is -0.492 e. The van der Waals surface area contributed by atoms with E-state index in [9.17, 15) is 0 Å². The molecule has 0 aliphatic carbocycles. The molecule has 3 rings (SSSR count). The van der Waals surface area contributed by atoms with E-state index in [-0.39, 0.29) is 0 Å². The highest BCUT2D eigenvalue weighted by atomic mass is 79.9. The maximum Gasteiger partial charge on any atom is 0.119 e. The van der Waals surface area contributed by atoms with Gasteiger partial charge < -0.3 is 15.0 Å². The van der Waals surface area contributed by atoms with Crippen molar-refractivity contribution in [2.24, 2.45) is 0 Å². The average molecular weight is 331 g/mol. The normalized spacial score (nSPS) is 10.8. The Kier molecular flexibility index (Phi) is 3.65. The summed E-state index contributed by atoms with van der Waals surface area (Å²) in [5, 5.41) is 1.23. The molecule has 1 aromatic heterocycles. The molecule has 2 N–H and O–H groups in total. The molecule has 3 aromatic rings. The highest BCUT2D eigenvalue weighted by Gasteiger charge is 2.01. The van der Waals surface area contributed by atoms with E-state index in [0.717, 1.165) is 22.5 Å². The Morgan fingerprint density at radius 3 is 2.65 bits per heavy atom. The van der Waals surface area contributed by atoms with Crippen LogP contribution >= 0.6 is 15.9 Å². The third-order valence-corrected chi connectivity index (χ3v) is 3.71. The quantitative estimate of drug-likeness (QED) is 0.732. The molecule has 102 valence electrons. The first kappa shape index (κ1) is 13.1. The molecule has 4 heteroatoms. The number of benzene rings is 2. The molecule has 0 fully saturated rings. The largest absolute Gasteiger partial charge is 0.492 e. The summed E-state index contributed by atoms with van der Waals surface area (Å²) in [7, 11) is 0. The lowest BCUT2D eigenvalue weighted by Crippen LogP contribution is -2.07. The Balaban J connectivity index is 1.66. The molecule has 0 bridgehead atoms. The number of hydrogen-bond acceptors (Lipinski definition) is 2. The van der Waals surface area contributed by atoms with Gasteiger partial charge in [-0.2, -0.15) is 0 Å². The summed E-state index contributed by atoms with van der Waals surface area (Å²) in [6.07, 6.45) is 2.09. The van der Waals surface area contributed by atoms with Crippen LogP contribution in [0.3, 0.4) is 0 Å². The molecule has 0 aliphatic rings. The van der Waals surface area contributed by atoms with Crippen molar-refractivity contribution in [2.75, 3.05) is 12.3 Å². The van der Waals surface area contributed by atoms with Crippen LogP contribution in [0.15, 0.2) is 59.2 Å². The van der Waals surface area contributed by atoms with Crippen molar-refractivity contribution in [3.8, 4) is 5.75 Å². The lowest BCUT2D eigenvalue weighted by molar-refractivity contribution is 0.300. The third kappa shape index (κ3) is 2.80. The highest BCUT2D eigenvalue weighted by molar-refractivity contribution is 9.10. The Labute approximate surface area is 126 Å². The van der Waals surface area contributed by atoms with E-state index in [0.29, 0.717) is 6.61 Å². The van der Waals surface area contributed by atoms with Gasteiger partial charge in [0.25, 0.3) is 0 Å². The maximum atomic E-state index is 5.72. The van der Waals surface area contributed by atoms with Crippen LogP contribution in [0.2, 0.25) is 0 Å². The number of aromatic nitrogens is 1. The fraction of sp³-hybridized carbons (Fsp3) is 0.125. The number of hydrogen-bond donors (Lipinski definition) is 1. The molecule has 0 saturated heterocycles. The molecule has 3 nitrogen and oxygen atoms in total. The van der Waals surface area contributed by atoms with Crippen molar-refractivity contribution in [1.82, 2.24) is 4.57 Å². The zero-order chi connectivity index (χ0) is 13.9. The second kappa shape index (κ2) is 5.59. The van der Waals surface area contributed by atoms with Gasteiger partial charge in [-0.25, -0.2) is 0 Å². The molecule has 0 atom stereocenters. The van der Waals surface area contributed by atoms with E-state index in [1.807, 2.05) is 24.3 Å². The number of rotatable bonds is 4. The van der Waals surface area contributed by atoms with Crippen LogP contribution in [0, 0.1) is 0 Å². The van der Waals surface area contributed by atoms with Crippen molar-refractivity contribution in [3.63, 3.8) is 0 Å². The Morgan fingerprint density at radius 1 is 1.05 bits per heavy atom. The van der Waals surface area contributed by atoms with Crippen molar-refractivity contribution >= 4 is 32.5 Å². The van der Waals surface area contributed by atoms with Gasteiger partial charge in [-0.1, -0.05) is 15.9 Å². The number of anilines is 1. The van der Waals surface area contributed by atoms with Crippen molar-refractivity contribution in [1.29, 1.82) is 0 Å². The minimum atomic E-state index is 0.629. The lowest BCUT2D eigenvalue weighted by atomic mass is 10.2. The van der Waals surface area contributed by atoms with E-state index in [2.05, 4.69) is 51.0 Å². The summed E-state index contributed by atoms with van der Waals surface area (Å²) in [6, 6.07) is 15.9. The summed E-state index contributed by atoms with van der Waals surface area (Å²) in [5.41, 5.74) is 7.61. The summed E-state index contributed by atoms with van der Waals surface area (Å²) < 4.78 is 9.01. The van der Waals surface area contributed by atoms with Gasteiger partial charge in [-0.15, -0.1) is 0 Å². The summed E-state index contributed by atoms with van der Waals surface area (Å²) in [5.74, 6) is 0.846. The molecule has 1 heterocycles. The monoisotopic (exact) mass is 330 g/mol. The number of ether oxygens (including phenoxy) is 1. The van der Waals surface area contributed by atoms with Crippen molar-refractivity contribution in [3.05, 3.63) is 59.2 Å². The van der Waals surface area contributed by atoms with E-state index < -0.39 is 0 Å². The first-order valence-corrected chi connectivity index (χ1v) is 7.24. The van der Waals surface area contributed by atoms with Gasteiger partial charge in [0, 0.05) is 27.3 Å². The van der Waals surface area contributed by atoms with Crippen LogP contribution in [0.5, 0.6) is 5.75 Å². The van der Waals surface area contributed by atoms with Gasteiger partial charge >= 0.3 is 0 Å². The first-order valence-electron chi connectivity index (χ1n) is 6.45. The second-order valence-electron chi connectivity index (χ2n) is 4.63. The van der Waals surface area contributed by atoms with Crippen LogP contribution in [0.25, 0.3) is 10.9 Å². The fourth-order valence-electron chi connectivity index (χ4n) is 2.19. The van der Waals surface area contributed by atoms with Gasteiger partial charge in [0.1, 0.15) is 12.4 Å². The summed E-state index contributed by atoms with van der Waals surface area (Å²) >= 11 is 3.49. The van der Waals surface area contributed by atoms with Crippen LogP contribution in [0.1, 0.15) is 0 Å². The standard InChI is InChI=1S/C16H15BrN2O/c17-13-1-6-16-12(11-13)7-8-19(16)9-10-20-15-4-2-14(18)3-5-15/h1-8,11H,9-10,18H2. The van der Waals surface area contributed by atoms with Crippen LogP contribution < -0.4 is 10.5 Å². The topological polar surface area (TPSA) is 40.2 Å². The fourth-order valence-corrected chi connectivity index (χ4v) is 2.57. The second-order valence-corrected chi connectivity index (χ2v) is 5.55. The number of nitrogen functional groups attached to an aromatic ring is 1. The molecule has 0 unspecified atom stereocenters. The highest BCUT2D eigenvalue weighted by Crippen LogP contribution is 2.21. The minimum absolute atomic E-state index is 0.629. The van der Waals surface area contributed by atoms with Crippen molar-refractivity contribution < 1.29 is 4.74 Å². The summed E-state index contributed by atoms with van der Waals surface area (Å²) in [6.45, 7) is 1.44. The van der Waals surface area contributed by atoms with Crippen LogP contribution in [-0.4, -0.2) is 11.2 Å². The smallest absolute Gasteiger partial charge is 0.119 e. The van der Waals surface area contributed by atoms with E-state index in [1.54, 1.807) is 0 Å². The molecular weight excluding hydrogens is 316 g/mol. The number of halogens is 1. The van der Waals surface area contributed by atoms with Crippen LogP contribution in [-0.2, 0) is 6.54 Å². The van der Waals surface area contributed by atoms with E-state index in [4.69, 9.17) is 10.5 Å². The molecule has 2 aromatic carbocycles. The number of fused-ring (bicyclic) bond motifs is 1. The molecular formula is C16H15BrN2O. The predicted molar refractivity (Wildman–Crippen MR) is 86.0 cm³/mol. The lowest BCUT2D eigenvalue weighted by Gasteiger charge is -2.08. The molecule has 0 saturated carbocycles. The number of nitrogens with zero attached hydrogens (tertiary/aromatic N) is 1. The molecule has 0 radical (unpaired) electrons. The molecule has 0 amide bonds. The van der Waals surface area contributed by atoms with Gasteiger partial charge in [0.2, 0.25) is 0 Å². The van der Waals surface area contributed by atoms with Gasteiger partial charge in [0.05, 0.1) is 6.54 Å². The van der Waals surface area contributed by atoms with Gasteiger partial charge in [-0.3, -0.25) is 0 Å². The van der Waals surface area contributed by atoms with Gasteiger partial charge in [-0.05, 0) is 48.5 Å². The average Bonchev–Trinajstić information content (AvgIpc) is 2.83. The Morgan fingerprint density at radius 2 is 1.85 bits per heavy atom. The summed E-state index contributed by atoms with van der Waals surface area (Å²) in [4.78, 5) is 0. The predicted octanol–water partition coefficient (Wildman–Crippen LogP) is 4.07. The zero-order valence-corrected chi connectivity index (χ0v) is 12.5. The maximum absolute atomic E-state index is 5.72. The molecule has 20 heavy (non-hydrogen) atoms. The molecule has 0 spiro atoms.